The van der Waals surface area contributed by atoms with Gasteiger partial charge in [0.05, 0.1) is 5.60 Å². The average molecular weight is 333 g/mol. The van der Waals surface area contributed by atoms with E-state index in [2.05, 4.69) is 69.3 Å². The van der Waals surface area contributed by atoms with Crippen molar-refractivity contribution >= 4 is 0 Å². The molecule has 0 radical (unpaired) electrons. The molecule has 1 aromatic rings. The number of nitrogens with one attached hydrogen (secondary N) is 1. The highest BCUT2D eigenvalue weighted by molar-refractivity contribution is 5.25. The zero-order chi connectivity index (χ0) is 17.6. The van der Waals surface area contributed by atoms with E-state index in [0.717, 1.165) is 32.7 Å². The van der Waals surface area contributed by atoms with Crippen LogP contribution in [-0.2, 0) is 4.74 Å². The number of hydrogen-bond acceptors (Lipinski definition) is 3. The van der Waals surface area contributed by atoms with Crippen LogP contribution in [-0.4, -0.2) is 50.8 Å². The number of rotatable bonds is 8. The van der Waals surface area contributed by atoms with Gasteiger partial charge in [-0.15, -0.1) is 0 Å². The lowest BCUT2D eigenvalue weighted by atomic mass is 9.75. The lowest BCUT2D eigenvalue weighted by molar-refractivity contribution is -0.0771. The molecule has 0 aromatic heterocycles. The monoisotopic (exact) mass is 332 g/mol. The van der Waals surface area contributed by atoms with Gasteiger partial charge in [-0.25, -0.2) is 0 Å². The van der Waals surface area contributed by atoms with Crippen LogP contribution in [0.3, 0.4) is 0 Å². The molecule has 1 heterocycles. The Morgan fingerprint density at radius 1 is 1.21 bits per heavy atom. The van der Waals surface area contributed by atoms with Gasteiger partial charge < -0.3 is 15.0 Å². The van der Waals surface area contributed by atoms with Crippen LogP contribution in [0.1, 0.15) is 50.2 Å². The highest BCUT2D eigenvalue weighted by Crippen LogP contribution is 2.39. The molecule has 1 fully saturated rings. The molecule has 1 aliphatic heterocycles. The van der Waals surface area contributed by atoms with Crippen LogP contribution in [0.2, 0.25) is 0 Å². The molecular formula is C21H36N2O. The first-order chi connectivity index (χ1) is 11.4. The fourth-order valence-corrected chi connectivity index (χ4v) is 3.80. The Balaban J connectivity index is 2.00. The number of aryl methyl sites for hydroxylation is 1. The Kier molecular flexibility index (Phi) is 7.27. The summed E-state index contributed by atoms with van der Waals surface area (Å²) in [5, 5.41) is 3.62. The molecule has 2 atom stereocenters. The quantitative estimate of drug-likeness (QED) is 0.732. The fraction of sp³-hybridized carbons (Fsp3) is 0.714. The summed E-state index contributed by atoms with van der Waals surface area (Å²) in [6, 6.07) is 9.18. The van der Waals surface area contributed by atoms with Gasteiger partial charge in [0.2, 0.25) is 0 Å². The first-order valence-electron chi connectivity index (χ1n) is 9.43. The van der Waals surface area contributed by atoms with Crippen molar-refractivity contribution in [1.82, 2.24) is 10.2 Å². The van der Waals surface area contributed by atoms with E-state index in [1.165, 1.54) is 24.0 Å². The number of hydrogen-bond donors (Lipinski definition) is 1. The third-order valence-electron chi connectivity index (χ3n) is 5.18. The number of nitrogens with zero attached hydrogens (tertiary/aromatic N) is 1. The van der Waals surface area contributed by atoms with Crippen molar-refractivity contribution in [3.8, 4) is 0 Å². The average Bonchev–Trinajstić information content (AvgIpc) is 2.51. The fourth-order valence-electron chi connectivity index (χ4n) is 3.80. The topological polar surface area (TPSA) is 24.5 Å². The zero-order valence-corrected chi connectivity index (χ0v) is 16.3. The van der Waals surface area contributed by atoms with Crippen LogP contribution < -0.4 is 5.32 Å². The summed E-state index contributed by atoms with van der Waals surface area (Å²) < 4.78 is 5.95. The van der Waals surface area contributed by atoms with Crippen molar-refractivity contribution in [1.29, 1.82) is 0 Å². The van der Waals surface area contributed by atoms with Crippen LogP contribution in [0.15, 0.2) is 24.3 Å². The summed E-state index contributed by atoms with van der Waals surface area (Å²) in [4.78, 5) is 2.23. The first kappa shape index (κ1) is 19.4. The van der Waals surface area contributed by atoms with Crippen molar-refractivity contribution in [2.45, 2.75) is 51.6 Å². The SMILES string of the molecule is Cc1ccc([C@H](CCNCCN(C)C)[C@@H]2CCOC(C)(C)C2)cc1. The highest BCUT2D eigenvalue weighted by Gasteiger charge is 2.33. The molecule has 1 saturated heterocycles. The maximum absolute atomic E-state index is 5.95. The normalized spacial score (nSPS) is 21.8. The number of benzene rings is 1. The number of ether oxygens (including phenoxy) is 1. The maximum Gasteiger partial charge on any atom is 0.0629 e. The Hall–Kier alpha value is -0.900. The first-order valence-corrected chi connectivity index (χ1v) is 9.43. The van der Waals surface area contributed by atoms with E-state index >= 15 is 0 Å². The van der Waals surface area contributed by atoms with E-state index < -0.39 is 0 Å². The molecule has 3 nitrogen and oxygen atoms in total. The standard InChI is InChI=1S/C21H36N2O/c1-17-6-8-18(9-7-17)20(10-12-22-13-14-23(4)5)19-11-15-24-21(2,3)16-19/h6-9,19-20,22H,10-16H2,1-5H3/t19-,20+/m1/s1. The lowest BCUT2D eigenvalue weighted by Crippen LogP contribution is -2.37. The highest BCUT2D eigenvalue weighted by atomic mass is 16.5. The third-order valence-corrected chi connectivity index (χ3v) is 5.18. The van der Waals surface area contributed by atoms with E-state index in [0.29, 0.717) is 11.8 Å². The van der Waals surface area contributed by atoms with Crippen molar-refractivity contribution < 1.29 is 4.74 Å². The van der Waals surface area contributed by atoms with Crippen LogP contribution in [0.25, 0.3) is 0 Å². The minimum absolute atomic E-state index is 0.0181. The molecule has 0 unspecified atom stereocenters. The second kappa shape index (κ2) is 8.98. The second-order valence-electron chi connectivity index (χ2n) is 8.22. The number of likely N-dealkylation sites (N-methyl/N-ethyl adjacent to an activating group) is 1. The molecule has 1 N–H and O–H groups in total. The van der Waals surface area contributed by atoms with Gasteiger partial charge in [-0.1, -0.05) is 29.8 Å². The van der Waals surface area contributed by atoms with Crippen LogP contribution in [0.5, 0.6) is 0 Å². The predicted molar refractivity (Wildman–Crippen MR) is 103 cm³/mol. The Bertz CT molecular complexity index is 481. The van der Waals surface area contributed by atoms with Gasteiger partial charge in [-0.3, -0.25) is 0 Å². The molecule has 136 valence electrons. The van der Waals surface area contributed by atoms with Crippen LogP contribution >= 0.6 is 0 Å². The summed E-state index contributed by atoms with van der Waals surface area (Å²) in [5.41, 5.74) is 2.86. The van der Waals surface area contributed by atoms with E-state index in [-0.39, 0.29) is 5.60 Å². The van der Waals surface area contributed by atoms with Crippen molar-refractivity contribution in [2.24, 2.45) is 5.92 Å². The second-order valence-corrected chi connectivity index (χ2v) is 8.22. The summed E-state index contributed by atoms with van der Waals surface area (Å²) >= 11 is 0. The third kappa shape index (κ3) is 6.19. The van der Waals surface area contributed by atoms with Gasteiger partial charge in [-0.05, 0) is 78.1 Å². The summed E-state index contributed by atoms with van der Waals surface area (Å²) in [6.07, 6.45) is 3.54. The van der Waals surface area contributed by atoms with Crippen molar-refractivity contribution in [3.05, 3.63) is 35.4 Å². The van der Waals surface area contributed by atoms with Gasteiger partial charge in [0.15, 0.2) is 0 Å². The predicted octanol–water partition coefficient (Wildman–Crippen LogP) is 3.83. The van der Waals surface area contributed by atoms with E-state index in [9.17, 15) is 0 Å². The summed E-state index contributed by atoms with van der Waals surface area (Å²) in [7, 11) is 4.25. The maximum atomic E-state index is 5.95. The lowest BCUT2D eigenvalue weighted by Gasteiger charge is -2.39. The van der Waals surface area contributed by atoms with Crippen molar-refractivity contribution in [3.63, 3.8) is 0 Å². The Morgan fingerprint density at radius 2 is 1.92 bits per heavy atom. The largest absolute Gasteiger partial charge is 0.376 e. The molecule has 0 spiro atoms. The minimum atomic E-state index is 0.0181. The molecule has 1 aromatic carbocycles. The van der Waals surface area contributed by atoms with Gasteiger partial charge in [-0.2, -0.15) is 0 Å². The molecule has 0 amide bonds. The van der Waals surface area contributed by atoms with E-state index in [1.807, 2.05) is 0 Å². The minimum Gasteiger partial charge on any atom is -0.376 e. The van der Waals surface area contributed by atoms with Crippen LogP contribution in [0, 0.1) is 12.8 Å². The summed E-state index contributed by atoms with van der Waals surface area (Å²) in [5.74, 6) is 1.34. The molecule has 0 aliphatic carbocycles. The van der Waals surface area contributed by atoms with E-state index in [4.69, 9.17) is 4.74 Å². The van der Waals surface area contributed by atoms with Crippen LogP contribution in [0.4, 0.5) is 0 Å². The summed E-state index contributed by atoms with van der Waals surface area (Å²) in [6.45, 7) is 10.8. The molecule has 0 saturated carbocycles. The molecule has 3 heteroatoms. The van der Waals surface area contributed by atoms with Crippen molar-refractivity contribution in [2.75, 3.05) is 40.3 Å². The van der Waals surface area contributed by atoms with E-state index in [1.54, 1.807) is 0 Å². The van der Waals surface area contributed by atoms with Gasteiger partial charge >= 0.3 is 0 Å². The van der Waals surface area contributed by atoms with Gasteiger partial charge in [0.25, 0.3) is 0 Å². The molecule has 1 aliphatic rings. The smallest absolute Gasteiger partial charge is 0.0629 e. The molecular weight excluding hydrogens is 296 g/mol. The van der Waals surface area contributed by atoms with Gasteiger partial charge in [0.1, 0.15) is 0 Å². The Morgan fingerprint density at radius 3 is 2.54 bits per heavy atom. The molecule has 0 bridgehead atoms. The zero-order valence-electron chi connectivity index (χ0n) is 16.3. The Labute approximate surface area is 148 Å². The van der Waals surface area contributed by atoms with Gasteiger partial charge in [0, 0.05) is 19.7 Å². The molecule has 24 heavy (non-hydrogen) atoms. The molecule has 2 rings (SSSR count).